The molecule has 4 heteroatoms. The van der Waals surface area contributed by atoms with Gasteiger partial charge in [0.2, 0.25) is 0 Å². The zero-order valence-electron chi connectivity index (χ0n) is 12.1. The third-order valence-corrected chi connectivity index (χ3v) is 3.30. The Hall–Kier alpha value is -0.840. The van der Waals surface area contributed by atoms with E-state index in [0.717, 1.165) is 31.7 Å². The number of furan rings is 1. The van der Waals surface area contributed by atoms with Crippen molar-refractivity contribution in [1.82, 2.24) is 9.80 Å². The molecule has 2 N–H and O–H groups in total. The molecule has 0 fully saturated rings. The molecule has 2 atom stereocenters. The third kappa shape index (κ3) is 4.44. The van der Waals surface area contributed by atoms with E-state index in [1.165, 1.54) is 0 Å². The molecule has 104 valence electrons. The highest BCUT2D eigenvalue weighted by Crippen LogP contribution is 2.24. The fourth-order valence-corrected chi connectivity index (χ4v) is 2.21. The van der Waals surface area contributed by atoms with Crippen LogP contribution >= 0.6 is 0 Å². The Balaban J connectivity index is 2.60. The van der Waals surface area contributed by atoms with Crippen molar-refractivity contribution in [3.05, 3.63) is 24.2 Å². The van der Waals surface area contributed by atoms with Gasteiger partial charge in [-0.15, -0.1) is 0 Å². The molecule has 0 aliphatic heterocycles. The van der Waals surface area contributed by atoms with Crippen LogP contribution in [0.5, 0.6) is 0 Å². The third-order valence-electron chi connectivity index (χ3n) is 3.30. The maximum Gasteiger partial charge on any atom is 0.122 e. The highest BCUT2D eigenvalue weighted by Gasteiger charge is 2.25. The lowest BCUT2D eigenvalue weighted by molar-refractivity contribution is 0.176. The van der Waals surface area contributed by atoms with Gasteiger partial charge in [0.25, 0.3) is 0 Å². The highest BCUT2D eigenvalue weighted by atomic mass is 16.3. The molecule has 1 aromatic heterocycles. The average molecular weight is 253 g/mol. The number of hydrogen-bond donors (Lipinski definition) is 1. The summed E-state index contributed by atoms with van der Waals surface area (Å²) in [6, 6.07) is 4.23. The monoisotopic (exact) mass is 253 g/mol. The molecule has 0 saturated heterocycles. The van der Waals surface area contributed by atoms with E-state index in [0.29, 0.717) is 0 Å². The van der Waals surface area contributed by atoms with Crippen LogP contribution in [0.3, 0.4) is 0 Å². The first-order valence-corrected chi connectivity index (χ1v) is 6.70. The van der Waals surface area contributed by atoms with E-state index < -0.39 is 0 Å². The van der Waals surface area contributed by atoms with E-state index in [4.69, 9.17) is 10.2 Å². The van der Waals surface area contributed by atoms with Gasteiger partial charge >= 0.3 is 0 Å². The molecule has 1 rings (SSSR count). The second-order valence-electron chi connectivity index (χ2n) is 5.17. The summed E-state index contributed by atoms with van der Waals surface area (Å²) in [6.07, 6.45) is 3.80. The fourth-order valence-electron chi connectivity index (χ4n) is 2.21. The van der Waals surface area contributed by atoms with E-state index in [-0.39, 0.29) is 12.1 Å². The molecule has 0 bridgehead atoms. The van der Waals surface area contributed by atoms with E-state index in [9.17, 15) is 0 Å². The molecule has 2 unspecified atom stereocenters. The van der Waals surface area contributed by atoms with Crippen molar-refractivity contribution in [2.24, 2.45) is 5.73 Å². The van der Waals surface area contributed by atoms with Crippen molar-refractivity contribution in [2.75, 3.05) is 34.2 Å². The molecule has 0 saturated carbocycles. The first-order chi connectivity index (χ1) is 8.56. The quantitative estimate of drug-likeness (QED) is 0.769. The van der Waals surface area contributed by atoms with Gasteiger partial charge in [0.1, 0.15) is 5.76 Å². The maximum atomic E-state index is 6.23. The molecule has 1 heterocycles. The lowest BCUT2D eigenvalue weighted by Gasteiger charge is -2.31. The first-order valence-electron chi connectivity index (χ1n) is 6.70. The van der Waals surface area contributed by atoms with Crippen LogP contribution in [0.4, 0.5) is 0 Å². The smallest absolute Gasteiger partial charge is 0.122 e. The summed E-state index contributed by atoms with van der Waals surface area (Å²) in [5.74, 6) is 0.969. The zero-order valence-corrected chi connectivity index (χ0v) is 12.1. The van der Waals surface area contributed by atoms with Crippen LogP contribution in [0.2, 0.25) is 0 Å². The fraction of sp³-hybridized carbons (Fsp3) is 0.714. The normalized spacial score (nSPS) is 15.3. The number of likely N-dealkylation sites (N-methyl/N-ethyl adjacent to an activating group) is 1. The first kappa shape index (κ1) is 15.2. The summed E-state index contributed by atoms with van der Waals surface area (Å²) in [4.78, 5) is 4.51. The van der Waals surface area contributed by atoms with Gasteiger partial charge in [-0.05, 0) is 59.2 Å². The van der Waals surface area contributed by atoms with Gasteiger partial charge in [-0.1, -0.05) is 6.92 Å². The minimum absolute atomic E-state index is 0.112. The predicted octanol–water partition coefficient (Wildman–Crippen LogP) is 1.94. The van der Waals surface area contributed by atoms with Crippen LogP contribution in [0, 0.1) is 0 Å². The molecule has 18 heavy (non-hydrogen) atoms. The Kier molecular flexibility index (Phi) is 6.39. The lowest BCUT2D eigenvalue weighted by Crippen LogP contribution is -2.39. The Morgan fingerprint density at radius 3 is 2.50 bits per heavy atom. The number of hydrogen-bond acceptors (Lipinski definition) is 4. The van der Waals surface area contributed by atoms with Crippen molar-refractivity contribution in [3.63, 3.8) is 0 Å². The summed E-state index contributed by atoms with van der Waals surface area (Å²) in [6.45, 7) is 4.24. The molecule has 0 aliphatic carbocycles. The largest absolute Gasteiger partial charge is 0.468 e. The van der Waals surface area contributed by atoms with Crippen LogP contribution in [0.15, 0.2) is 22.8 Å². The summed E-state index contributed by atoms with van der Waals surface area (Å²) in [5.41, 5.74) is 6.23. The minimum atomic E-state index is 0.112. The molecular weight excluding hydrogens is 226 g/mol. The van der Waals surface area contributed by atoms with Crippen LogP contribution in [-0.4, -0.2) is 50.1 Å². The van der Waals surface area contributed by atoms with E-state index in [1.807, 2.05) is 12.1 Å². The van der Waals surface area contributed by atoms with E-state index >= 15 is 0 Å². The van der Waals surface area contributed by atoms with Crippen molar-refractivity contribution in [3.8, 4) is 0 Å². The van der Waals surface area contributed by atoms with Crippen molar-refractivity contribution < 1.29 is 4.42 Å². The van der Waals surface area contributed by atoms with Gasteiger partial charge in [-0.2, -0.15) is 0 Å². The molecule has 0 aromatic carbocycles. The summed E-state index contributed by atoms with van der Waals surface area (Å²) >= 11 is 0. The average Bonchev–Trinajstić information content (AvgIpc) is 2.82. The molecule has 0 aliphatic rings. The molecule has 0 spiro atoms. The minimum Gasteiger partial charge on any atom is -0.468 e. The topological polar surface area (TPSA) is 45.6 Å². The molecule has 1 aromatic rings. The van der Waals surface area contributed by atoms with Crippen LogP contribution < -0.4 is 5.73 Å². The van der Waals surface area contributed by atoms with Crippen LogP contribution in [-0.2, 0) is 0 Å². The summed E-state index contributed by atoms with van der Waals surface area (Å²) in [7, 11) is 6.32. The van der Waals surface area contributed by atoms with E-state index in [1.54, 1.807) is 6.26 Å². The van der Waals surface area contributed by atoms with Gasteiger partial charge in [0.15, 0.2) is 0 Å². The van der Waals surface area contributed by atoms with E-state index in [2.05, 4.69) is 37.9 Å². The number of nitrogens with two attached hydrogens (primary N) is 1. The van der Waals surface area contributed by atoms with Crippen LogP contribution in [0.25, 0.3) is 0 Å². The summed E-state index contributed by atoms with van der Waals surface area (Å²) < 4.78 is 5.54. The SMILES string of the molecule is CCC(N)C(c1ccco1)N(C)CCCN(C)C. The Morgan fingerprint density at radius 2 is 2.00 bits per heavy atom. The second kappa shape index (κ2) is 7.56. The maximum absolute atomic E-state index is 6.23. The van der Waals surface area contributed by atoms with Crippen LogP contribution in [0.1, 0.15) is 31.6 Å². The molecule has 4 nitrogen and oxygen atoms in total. The van der Waals surface area contributed by atoms with Gasteiger partial charge in [-0.25, -0.2) is 0 Å². The zero-order chi connectivity index (χ0) is 13.5. The van der Waals surface area contributed by atoms with Crippen molar-refractivity contribution in [1.29, 1.82) is 0 Å². The second-order valence-corrected chi connectivity index (χ2v) is 5.17. The Morgan fingerprint density at radius 1 is 1.28 bits per heavy atom. The van der Waals surface area contributed by atoms with Gasteiger partial charge in [0.05, 0.1) is 12.3 Å². The predicted molar refractivity (Wildman–Crippen MR) is 75.5 cm³/mol. The molecule has 0 radical (unpaired) electrons. The standard InChI is InChI=1S/C14H27N3O/c1-5-12(15)14(13-8-6-11-18-13)17(4)10-7-9-16(2)3/h6,8,11-12,14H,5,7,9-10,15H2,1-4H3. The van der Waals surface area contributed by atoms with Gasteiger partial charge < -0.3 is 15.1 Å². The Bertz CT molecular complexity index is 311. The molecule has 0 amide bonds. The van der Waals surface area contributed by atoms with Gasteiger partial charge in [0, 0.05) is 6.04 Å². The van der Waals surface area contributed by atoms with Gasteiger partial charge in [-0.3, -0.25) is 4.90 Å². The van der Waals surface area contributed by atoms with Crippen molar-refractivity contribution >= 4 is 0 Å². The lowest BCUT2D eigenvalue weighted by atomic mass is 10.0. The number of nitrogens with zero attached hydrogens (tertiary/aromatic N) is 2. The highest BCUT2D eigenvalue weighted by molar-refractivity contribution is 5.07. The number of rotatable bonds is 8. The summed E-state index contributed by atoms with van der Waals surface area (Å²) in [5, 5.41) is 0. The molecular formula is C14H27N3O. The van der Waals surface area contributed by atoms with Crippen molar-refractivity contribution in [2.45, 2.75) is 31.8 Å². The Labute approximate surface area is 111 Å².